The third-order valence-corrected chi connectivity index (χ3v) is 2.58. The van der Waals surface area contributed by atoms with Gasteiger partial charge in [-0.15, -0.1) is 0 Å². The fourth-order valence-electron chi connectivity index (χ4n) is 1.52. The van der Waals surface area contributed by atoms with Crippen molar-refractivity contribution in [3.63, 3.8) is 0 Å². The van der Waals surface area contributed by atoms with E-state index in [0.717, 1.165) is 6.42 Å². The second-order valence-electron chi connectivity index (χ2n) is 3.73. The zero-order chi connectivity index (χ0) is 12.0. The molecule has 0 aliphatic carbocycles. The number of methoxy groups -OCH3 is 1. The summed E-state index contributed by atoms with van der Waals surface area (Å²) in [5.41, 5.74) is 0.456. The Morgan fingerprint density at radius 2 is 2.25 bits per heavy atom. The van der Waals surface area contributed by atoms with Gasteiger partial charge in [-0.3, -0.25) is 0 Å². The molecule has 16 heavy (non-hydrogen) atoms. The van der Waals surface area contributed by atoms with E-state index in [0.29, 0.717) is 23.6 Å². The topological polar surface area (TPSA) is 29.5 Å². The standard InChI is InChI=1S/C12H16ClFO2/c1-16-6-2-3-11(15)8-9-7-10(13)4-5-12(9)14/h4-5,7,11,15H,2-3,6,8H2,1H3. The lowest BCUT2D eigenvalue weighted by Gasteiger charge is -2.11. The van der Waals surface area contributed by atoms with Crippen molar-refractivity contribution >= 4 is 11.6 Å². The quantitative estimate of drug-likeness (QED) is 0.783. The third-order valence-electron chi connectivity index (χ3n) is 2.35. The minimum atomic E-state index is -0.553. The average Bonchev–Trinajstić information content (AvgIpc) is 2.24. The lowest BCUT2D eigenvalue weighted by molar-refractivity contribution is 0.134. The lowest BCUT2D eigenvalue weighted by Crippen LogP contribution is -2.12. The van der Waals surface area contributed by atoms with Crippen LogP contribution in [0.2, 0.25) is 5.02 Å². The molecule has 0 radical (unpaired) electrons. The van der Waals surface area contributed by atoms with Gasteiger partial charge >= 0.3 is 0 Å². The molecule has 0 amide bonds. The Hall–Kier alpha value is -0.640. The highest BCUT2D eigenvalue weighted by atomic mass is 35.5. The summed E-state index contributed by atoms with van der Waals surface area (Å²) in [4.78, 5) is 0. The van der Waals surface area contributed by atoms with Gasteiger partial charge in [0, 0.05) is 25.2 Å². The van der Waals surface area contributed by atoms with Crippen molar-refractivity contribution in [3.8, 4) is 0 Å². The number of ether oxygens (including phenoxy) is 1. The molecule has 1 aromatic carbocycles. The van der Waals surface area contributed by atoms with E-state index < -0.39 is 6.10 Å². The van der Waals surface area contributed by atoms with Crippen molar-refractivity contribution in [1.29, 1.82) is 0 Å². The minimum absolute atomic E-state index is 0.288. The van der Waals surface area contributed by atoms with Crippen molar-refractivity contribution < 1.29 is 14.2 Å². The van der Waals surface area contributed by atoms with E-state index in [1.165, 1.54) is 12.1 Å². The Balaban J connectivity index is 2.48. The SMILES string of the molecule is COCCCC(O)Cc1cc(Cl)ccc1F. The van der Waals surface area contributed by atoms with E-state index in [9.17, 15) is 9.50 Å². The molecule has 1 N–H and O–H groups in total. The van der Waals surface area contributed by atoms with Crippen LogP contribution in [0.4, 0.5) is 4.39 Å². The van der Waals surface area contributed by atoms with Gasteiger partial charge in [0.1, 0.15) is 5.82 Å². The van der Waals surface area contributed by atoms with Crippen LogP contribution in [0.3, 0.4) is 0 Å². The van der Waals surface area contributed by atoms with E-state index in [1.54, 1.807) is 13.2 Å². The Labute approximate surface area is 100.0 Å². The summed E-state index contributed by atoms with van der Waals surface area (Å²) in [5.74, 6) is -0.324. The van der Waals surface area contributed by atoms with Crippen LogP contribution in [0.5, 0.6) is 0 Å². The molecule has 0 aromatic heterocycles. The highest BCUT2D eigenvalue weighted by molar-refractivity contribution is 6.30. The predicted molar refractivity (Wildman–Crippen MR) is 62.2 cm³/mol. The van der Waals surface area contributed by atoms with E-state index in [4.69, 9.17) is 16.3 Å². The molecular weight excluding hydrogens is 231 g/mol. The molecule has 0 heterocycles. The molecule has 1 rings (SSSR count). The highest BCUT2D eigenvalue weighted by Gasteiger charge is 2.09. The van der Waals surface area contributed by atoms with Crippen molar-refractivity contribution in [2.24, 2.45) is 0 Å². The van der Waals surface area contributed by atoms with E-state index in [2.05, 4.69) is 0 Å². The van der Waals surface area contributed by atoms with Crippen LogP contribution in [0.1, 0.15) is 18.4 Å². The molecule has 0 spiro atoms. The third kappa shape index (κ3) is 4.47. The smallest absolute Gasteiger partial charge is 0.126 e. The number of aliphatic hydroxyl groups excluding tert-OH is 1. The van der Waals surface area contributed by atoms with Crippen LogP contribution >= 0.6 is 11.6 Å². The van der Waals surface area contributed by atoms with Gasteiger partial charge in [0.05, 0.1) is 6.10 Å². The Kier molecular flexibility index (Phi) is 5.74. The van der Waals surface area contributed by atoms with E-state index in [1.807, 2.05) is 0 Å². The summed E-state index contributed by atoms with van der Waals surface area (Å²) in [5, 5.41) is 10.2. The van der Waals surface area contributed by atoms with Crippen LogP contribution in [-0.2, 0) is 11.2 Å². The normalized spacial score (nSPS) is 12.8. The Morgan fingerprint density at radius 1 is 1.50 bits per heavy atom. The minimum Gasteiger partial charge on any atom is -0.393 e. The Morgan fingerprint density at radius 3 is 2.94 bits per heavy atom. The molecule has 4 heteroatoms. The molecule has 0 aliphatic rings. The molecule has 1 unspecified atom stereocenters. The van der Waals surface area contributed by atoms with Crippen molar-refractivity contribution in [3.05, 3.63) is 34.6 Å². The van der Waals surface area contributed by atoms with Gasteiger partial charge in [-0.05, 0) is 36.6 Å². The number of aliphatic hydroxyl groups is 1. The first-order chi connectivity index (χ1) is 7.63. The van der Waals surface area contributed by atoms with Gasteiger partial charge in [-0.1, -0.05) is 11.6 Å². The molecule has 0 saturated carbocycles. The van der Waals surface area contributed by atoms with Gasteiger partial charge < -0.3 is 9.84 Å². The lowest BCUT2D eigenvalue weighted by atomic mass is 10.0. The summed E-state index contributed by atoms with van der Waals surface area (Å²) in [6.07, 6.45) is 1.10. The van der Waals surface area contributed by atoms with Gasteiger partial charge in [0.2, 0.25) is 0 Å². The fraction of sp³-hybridized carbons (Fsp3) is 0.500. The average molecular weight is 247 g/mol. The predicted octanol–water partition coefficient (Wildman–Crippen LogP) is 2.81. The summed E-state index contributed by atoms with van der Waals surface area (Å²) in [7, 11) is 1.61. The molecule has 0 saturated heterocycles. The van der Waals surface area contributed by atoms with Crippen LogP contribution in [0, 0.1) is 5.82 Å². The monoisotopic (exact) mass is 246 g/mol. The summed E-state index contributed by atoms with van der Waals surface area (Å²) in [6, 6.07) is 4.37. The van der Waals surface area contributed by atoms with Crippen LogP contribution < -0.4 is 0 Å². The maximum absolute atomic E-state index is 13.3. The molecule has 0 aliphatic heterocycles. The first-order valence-corrected chi connectivity index (χ1v) is 5.62. The second kappa shape index (κ2) is 6.84. The molecular formula is C12H16ClFO2. The van der Waals surface area contributed by atoms with Crippen molar-refractivity contribution in [2.45, 2.75) is 25.4 Å². The molecule has 1 aromatic rings. The van der Waals surface area contributed by atoms with Gasteiger partial charge in [-0.2, -0.15) is 0 Å². The largest absolute Gasteiger partial charge is 0.393 e. The zero-order valence-corrected chi connectivity index (χ0v) is 10.0. The molecule has 0 fully saturated rings. The highest BCUT2D eigenvalue weighted by Crippen LogP contribution is 2.17. The van der Waals surface area contributed by atoms with Gasteiger partial charge in [0.25, 0.3) is 0 Å². The number of halogens is 2. The second-order valence-corrected chi connectivity index (χ2v) is 4.17. The number of hydrogen-bond donors (Lipinski definition) is 1. The van der Waals surface area contributed by atoms with Crippen LogP contribution in [-0.4, -0.2) is 24.9 Å². The molecule has 0 bridgehead atoms. The van der Waals surface area contributed by atoms with Gasteiger partial charge in [0.15, 0.2) is 0 Å². The van der Waals surface area contributed by atoms with Gasteiger partial charge in [-0.25, -0.2) is 4.39 Å². The number of hydrogen-bond acceptors (Lipinski definition) is 2. The molecule has 90 valence electrons. The fourth-order valence-corrected chi connectivity index (χ4v) is 1.71. The number of rotatable bonds is 6. The zero-order valence-electron chi connectivity index (χ0n) is 9.25. The molecule has 2 nitrogen and oxygen atoms in total. The number of benzene rings is 1. The van der Waals surface area contributed by atoms with Crippen LogP contribution in [0.15, 0.2) is 18.2 Å². The first-order valence-electron chi connectivity index (χ1n) is 5.24. The Bertz CT molecular complexity index is 331. The van der Waals surface area contributed by atoms with Crippen molar-refractivity contribution in [1.82, 2.24) is 0 Å². The summed E-state index contributed by atoms with van der Waals surface area (Å²) >= 11 is 5.76. The maximum atomic E-state index is 13.3. The van der Waals surface area contributed by atoms with Crippen molar-refractivity contribution in [2.75, 3.05) is 13.7 Å². The van der Waals surface area contributed by atoms with Crippen LogP contribution in [0.25, 0.3) is 0 Å². The summed E-state index contributed by atoms with van der Waals surface area (Å²) < 4.78 is 18.2. The first kappa shape index (κ1) is 13.4. The summed E-state index contributed by atoms with van der Waals surface area (Å²) in [6.45, 7) is 0.606. The van der Waals surface area contributed by atoms with E-state index >= 15 is 0 Å². The van der Waals surface area contributed by atoms with E-state index in [-0.39, 0.29) is 12.2 Å². The maximum Gasteiger partial charge on any atom is 0.126 e. The molecule has 1 atom stereocenters.